The zero-order valence-corrected chi connectivity index (χ0v) is 16.7. The van der Waals surface area contributed by atoms with Crippen molar-refractivity contribution in [3.8, 4) is 0 Å². The maximum atomic E-state index is 12.9. The van der Waals surface area contributed by atoms with Gasteiger partial charge in [-0.1, -0.05) is 18.6 Å². The van der Waals surface area contributed by atoms with E-state index in [9.17, 15) is 27.6 Å². The van der Waals surface area contributed by atoms with Gasteiger partial charge in [-0.25, -0.2) is 4.79 Å². The average Bonchev–Trinajstić information content (AvgIpc) is 2.71. The summed E-state index contributed by atoms with van der Waals surface area (Å²) in [5.74, 6) is -0.723. The Morgan fingerprint density at radius 1 is 1.10 bits per heavy atom. The van der Waals surface area contributed by atoms with Crippen LogP contribution in [0.15, 0.2) is 33.9 Å². The predicted molar refractivity (Wildman–Crippen MR) is 105 cm³/mol. The van der Waals surface area contributed by atoms with Crippen molar-refractivity contribution in [1.29, 1.82) is 0 Å². The fraction of sp³-hybridized carbons (Fsp3) is 0.450. The highest BCUT2D eigenvalue weighted by atomic mass is 19.4. The number of piperidine rings is 1. The summed E-state index contributed by atoms with van der Waals surface area (Å²) < 4.78 is 40.4. The van der Waals surface area contributed by atoms with Crippen LogP contribution in [-0.2, 0) is 20.3 Å². The van der Waals surface area contributed by atoms with Gasteiger partial charge < -0.3 is 5.73 Å². The maximum Gasteiger partial charge on any atom is 0.416 e. The Hall–Kier alpha value is -2.88. The van der Waals surface area contributed by atoms with E-state index >= 15 is 0 Å². The highest BCUT2D eigenvalue weighted by Gasteiger charge is 2.32. The van der Waals surface area contributed by atoms with Gasteiger partial charge in [0.15, 0.2) is 5.78 Å². The largest absolute Gasteiger partial charge is 0.416 e. The number of alkyl halides is 3. The number of anilines is 1. The second-order valence-corrected chi connectivity index (χ2v) is 7.49. The molecule has 0 bridgehead atoms. The molecule has 1 aliphatic rings. The number of hydrogen-bond donors (Lipinski definition) is 1. The Bertz CT molecular complexity index is 1070. The summed E-state index contributed by atoms with van der Waals surface area (Å²) in [6, 6.07) is 4.67. The van der Waals surface area contributed by atoms with Gasteiger partial charge >= 0.3 is 11.9 Å². The van der Waals surface area contributed by atoms with E-state index < -0.39 is 28.8 Å². The topological polar surface area (TPSA) is 90.3 Å². The Kier molecular flexibility index (Phi) is 5.89. The van der Waals surface area contributed by atoms with Gasteiger partial charge in [0.1, 0.15) is 11.4 Å². The first-order chi connectivity index (χ1) is 14.0. The van der Waals surface area contributed by atoms with Gasteiger partial charge in [-0.05, 0) is 37.1 Å². The number of halogens is 3. The molecule has 10 heteroatoms. The number of likely N-dealkylation sites (tertiary alicyclic amines) is 1. The molecule has 0 aliphatic carbocycles. The Labute approximate surface area is 170 Å². The van der Waals surface area contributed by atoms with Gasteiger partial charge in [0.05, 0.1) is 12.1 Å². The lowest BCUT2D eigenvalue weighted by atomic mass is 9.94. The molecule has 1 unspecified atom stereocenters. The van der Waals surface area contributed by atoms with Gasteiger partial charge in [0, 0.05) is 20.1 Å². The van der Waals surface area contributed by atoms with Crippen LogP contribution in [0.2, 0.25) is 0 Å². The van der Waals surface area contributed by atoms with E-state index in [1.54, 1.807) is 0 Å². The van der Waals surface area contributed by atoms with Crippen LogP contribution in [0.1, 0.15) is 46.8 Å². The lowest BCUT2D eigenvalue weighted by Crippen LogP contribution is -2.44. The van der Waals surface area contributed by atoms with Crippen LogP contribution in [0, 0.1) is 0 Å². The zero-order valence-electron chi connectivity index (χ0n) is 16.7. The van der Waals surface area contributed by atoms with Crippen LogP contribution >= 0.6 is 0 Å². The summed E-state index contributed by atoms with van der Waals surface area (Å²) >= 11 is 0. The van der Waals surface area contributed by atoms with Crippen molar-refractivity contribution >= 4 is 11.6 Å². The first kappa shape index (κ1) is 21.8. The molecule has 0 amide bonds. The molecular formula is C20H23F3N4O3. The van der Waals surface area contributed by atoms with E-state index in [4.69, 9.17) is 5.73 Å². The summed E-state index contributed by atoms with van der Waals surface area (Å²) in [6.07, 6.45) is -2.04. The molecule has 2 heterocycles. The number of rotatable bonds is 4. The molecule has 30 heavy (non-hydrogen) atoms. The number of carbonyl (C=O) groups excluding carboxylic acids is 1. The van der Waals surface area contributed by atoms with Crippen LogP contribution in [0.4, 0.5) is 19.0 Å². The third-order valence-electron chi connectivity index (χ3n) is 5.57. The smallest absolute Gasteiger partial charge is 0.384 e. The molecule has 7 nitrogen and oxygen atoms in total. The number of hydrogen-bond acceptors (Lipinski definition) is 5. The predicted octanol–water partition coefficient (Wildman–Crippen LogP) is 2.09. The van der Waals surface area contributed by atoms with Crippen molar-refractivity contribution in [3.63, 3.8) is 0 Å². The molecule has 0 spiro atoms. The number of Topliss-reactive ketones (excluding diaryl/α,β-unsaturated/α-hetero) is 1. The Balaban J connectivity index is 1.89. The number of aromatic nitrogens is 2. The van der Waals surface area contributed by atoms with E-state index in [1.165, 1.54) is 26.2 Å². The van der Waals surface area contributed by atoms with E-state index in [0.717, 1.165) is 34.1 Å². The summed E-state index contributed by atoms with van der Waals surface area (Å²) in [7, 11) is 2.65. The SMILES string of the molecule is Cn1c(N)c(C(=O)CN2CCCCC2c2ccc(C(F)(F)F)cc2)c(=O)n(C)c1=O. The van der Waals surface area contributed by atoms with Gasteiger partial charge in [-0.3, -0.25) is 23.6 Å². The second kappa shape index (κ2) is 8.10. The van der Waals surface area contributed by atoms with Crippen LogP contribution in [0.3, 0.4) is 0 Å². The maximum absolute atomic E-state index is 12.9. The van der Waals surface area contributed by atoms with Crippen LogP contribution in [0.25, 0.3) is 0 Å². The van der Waals surface area contributed by atoms with Gasteiger partial charge in [-0.2, -0.15) is 13.2 Å². The first-order valence-corrected chi connectivity index (χ1v) is 9.52. The minimum absolute atomic E-state index is 0.122. The number of nitrogens with zero attached hydrogens (tertiary/aromatic N) is 3. The molecule has 2 aromatic rings. The monoisotopic (exact) mass is 424 g/mol. The molecule has 1 fully saturated rings. The molecule has 0 saturated carbocycles. The quantitative estimate of drug-likeness (QED) is 0.760. The van der Waals surface area contributed by atoms with Gasteiger partial charge in [0.25, 0.3) is 5.56 Å². The van der Waals surface area contributed by atoms with Gasteiger partial charge in [-0.15, -0.1) is 0 Å². The van der Waals surface area contributed by atoms with Crippen molar-refractivity contribution in [2.75, 3.05) is 18.8 Å². The molecule has 1 saturated heterocycles. The van der Waals surface area contributed by atoms with E-state index in [2.05, 4.69) is 0 Å². The van der Waals surface area contributed by atoms with E-state index in [0.29, 0.717) is 18.5 Å². The third kappa shape index (κ3) is 4.04. The van der Waals surface area contributed by atoms with Crippen molar-refractivity contribution in [3.05, 3.63) is 61.8 Å². The lowest BCUT2D eigenvalue weighted by molar-refractivity contribution is -0.137. The number of nitrogen functional groups attached to an aromatic ring is 1. The molecule has 1 aromatic carbocycles. The standard InChI is InChI=1S/C20H23F3N4O3/c1-25-17(24)16(18(29)26(2)19(25)30)15(28)11-27-10-4-3-5-14(27)12-6-8-13(9-7-12)20(21,22)23/h6-9,14H,3-5,10-11,24H2,1-2H3. The van der Waals surface area contributed by atoms with Crippen LogP contribution in [-0.4, -0.2) is 32.9 Å². The van der Waals surface area contributed by atoms with Crippen molar-refractivity contribution in [2.45, 2.75) is 31.5 Å². The fourth-order valence-corrected chi connectivity index (χ4v) is 3.84. The average molecular weight is 424 g/mol. The second-order valence-electron chi connectivity index (χ2n) is 7.49. The molecule has 1 atom stereocenters. The Morgan fingerprint density at radius 3 is 2.33 bits per heavy atom. The summed E-state index contributed by atoms with van der Waals surface area (Å²) in [4.78, 5) is 39.2. The van der Waals surface area contributed by atoms with Crippen molar-refractivity contribution < 1.29 is 18.0 Å². The molecule has 1 aliphatic heterocycles. The molecule has 2 N–H and O–H groups in total. The normalized spacial score (nSPS) is 17.8. The fourth-order valence-electron chi connectivity index (χ4n) is 3.84. The highest BCUT2D eigenvalue weighted by molar-refractivity contribution is 6.01. The number of ketones is 1. The molecule has 0 radical (unpaired) electrons. The molecule has 1 aromatic heterocycles. The first-order valence-electron chi connectivity index (χ1n) is 9.52. The van der Waals surface area contributed by atoms with E-state index in [1.807, 2.05) is 4.90 Å². The van der Waals surface area contributed by atoms with Crippen LogP contribution in [0.5, 0.6) is 0 Å². The lowest BCUT2D eigenvalue weighted by Gasteiger charge is -2.35. The van der Waals surface area contributed by atoms with Crippen LogP contribution < -0.4 is 17.0 Å². The number of nitrogens with two attached hydrogens (primary N) is 1. The molecule has 162 valence electrons. The highest BCUT2D eigenvalue weighted by Crippen LogP contribution is 2.34. The minimum atomic E-state index is -4.42. The van der Waals surface area contributed by atoms with E-state index in [-0.39, 0.29) is 24.0 Å². The molecular weight excluding hydrogens is 401 g/mol. The number of benzene rings is 1. The molecule has 3 rings (SSSR count). The minimum Gasteiger partial charge on any atom is -0.384 e. The van der Waals surface area contributed by atoms with Crippen molar-refractivity contribution in [1.82, 2.24) is 14.0 Å². The summed E-state index contributed by atoms with van der Waals surface area (Å²) in [5.41, 5.74) is 4.17. The summed E-state index contributed by atoms with van der Waals surface area (Å²) in [5, 5.41) is 0. The number of carbonyl (C=O) groups is 1. The Morgan fingerprint density at radius 2 is 1.73 bits per heavy atom. The summed E-state index contributed by atoms with van der Waals surface area (Å²) in [6.45, 7) is 0.437. The third-order valence-corrected chi connectivity index (χ3v) is 5.57. The zero-order chi connectivity index (χ0) is 22.2. The van der Waals surface area contributed by atoms with Crippen molar-refractivity contribution in [2.24, 2.45) is 14.1 Å². The van der Waals surface area contributed by atoms with Gasteiger partial charge in [0.2, 0.25) is 0 Å².